The van der Waals surface area contributed by atoms with Crippen molar-refractivity contribution in [3.8, 4) is 0 Å². The number of halogens is 3. The maximum atomic E-state index is 13.2. The van der Waals surface area contributed by atoms with Crippen LogP contribution in [-0.2, 0) is 17.8 Å². The topological polar surface area (TPSA) is 29.5 Å². The van der Waals surface area contributed by atoms with Gasteiger partial charge in [-0.05, 0) is 63.7 Å². The van der Waals surface area contributed by atoms with Crippen molar-refractivity contribution in [3.63, 3.8) is 0 Å². The third kappa shape index (κ3) is 4.30. The molecular weight excluding hydrogens is 473 g/mol. The summed E-state index contributed by atoms with van der Waals surface area (Å²) < 4.78 is 6.42. The van der Waals surface area contributed by atoms with Crippen LogP contribution in [0.25, 0.3) is 0 Å². The number of hydrogen-bond acceptors (Lipinski definition) is 2. The molecule has 0 bridgehead atoms. The Bertz CT molecular complexity index is 1040. The summed E-state index contributed by atoms with van der Waals surface area (Å²) in [5.74, 6) is 0. The molecule has 1 amide bonds. The van der Waals surface area contributed by atoms with E-state index < -0.39 is 6.09 Å². The van der Waals surface area contributed by atoms with Crippen molar-refractivity contribution in [2.75, 3.05) is 4.90 Å². The molecular formula is C23H18BrCl2NO2. The molecule has 0 aliphatic carbocycles. The zero-order valence-corrected chi connectivity index (χ0v) is 18.5. The highest BCUT2D eigenvalue weighted by Crippen LogP contribution is 2.43. The smallest absolute Gasteiger partial charge is 0.415 e. The Kier molecular flexibility index (Phi) is 6.14. The van der Waals surface area contributed by atoms with Crippen molar-refractivity contribution in [3.05, 3.63) is 97.9 Å². The Hall–Kier alpha value is -2.01. The summed E-state index contributed by atoms with van der Waals surface area (Å²) in [6.45, 7) is 0.204. The molecule has 3 aromatic carbocycles. The summed E-state index contributed by atoms with van der Waals surface area (Å²) in [6.07, 6.45) is 1.12. The van der Waals surface area contributed by atoms with Crippen LogP contribution in [0, 0.1) is 0 Å². The third-order valence-electron chi connectivity index (χ3n) is 5.05. The van der Waals surface area contributed by atoms with E-state index >= 15 is 0 Å². The molecule has 0 fully saturated rings. The molecule has 0 spiro atoms. The molecule has 6 heteroatoms. The number of rotatable bonds is 3. The second-order valence-corrected chi connectivity index (χ2v) is 8.55. The summed E-state index contributed by atoms with van der Waals surface area (Å²) >= 11 is 16.2. The molecule has 1 atom stereocenters. The first-order valence-electron chi connectivity index (χ1n) is 9.27. The molecule has 1 heterocycles. The number of ether oxygens (including phenoxy) is 1. The molecule has 0 saturated carbocycles. The first-order chi connectivity index (χ1) is 14.0. The van der Waals surface area contributed by atoms with Crippen molar-refractivity contribution in [1.82, 2.24) is 0 Å². The average Bonchev–Trinajstić information content (AvgIpc) is 2.73. The highest BCUT2D eigenvalue weighted by atomic mass is 79.9. The number of amides is 1. The Morgan fingerprint density at radius 3 is 2.52 bits per heavy atom. The Morgan fingerprint density at radius 1 is 1.03 bits per heavy atom. The van der Waals surface area contributed by atoms with Crippen LogP contribution in [0.4, 0.5) is 10.5 Å². The van der Waals surface area contributed by atoms with Gasteiger partial charge in [0.2, 0.25) is 0 Å². The first-order valence-corrected chi connectivity index (χ1v) is 10.8. The van der Waals surface area contributed by atoms with Gasteiger partial charge in [-0.25, -0.2) is 4.79 Å². The Balaban J connectivity index is 1.71. The minimum Gasteiger partial charge on any atom is -0.444 e. The number of aryl methyl sites for hydroxylation is 1. The van der Waals surface area contributed by atoms with Crippen LogP contribution in [-0.4, -0.2) is 6.09 Å². The van der Waals surface area contributed by atoms with Gasteiger partial charge >= 0.3 is 6.09 Å². The SMILES string of the molecule is O=C(OCc1ccccc1)N1c2cc(Br)c(Cl)cc2CCC1c1ccccc1Cl. The normalized spacial score (nSPS) is 15.7. The lowest BCUT2D eigenvalue weighted by Crippen LogP contribution is -2.39. The number of hydrogen-bond donors (Lipinski definition) is 0. The molecule has 1 unspecified atom stereocenters. The van der Waals surface area contributed by atoms with Crippen molar-refractivity contribution >= 4 is 50.9 Å². The standard InChI is InChI=1S/C23H18BrCl2NO2/c24-18-13-22-16(12-20(18)26)10-11-21(17-8-4-5-9-19(17)25)27(22)23(28)29-14-15-6-2-1-3-7-15/h1-9,12-13,21H,10-11,14H2. The zero-order valence-electron chi connectivity index (χ0n) is 15.4. The molecule has 0 aromatic heterocycles. The summed E-state index contributed by atoms with van der Waals surface area (Å²) in [7, 11) is 0. The van der Waals surface area contributed by atoms with Gasteiger partial charge in [-0.1, -0.05) is 71.7 Å². The lowest BCUT2D eigenvalue weighted by Gasteiger charge is -2.37. The van der Waals surface area contributed by atoms with E-state index in [-0.39, 0.29) is 12.6 Å². The summed E-state index contributed by atoms with van der Waals surface area (Å²) in [4.78, 5) is 14.9. The second kappa shape index (κ2) is 8.78. The van der Waals surface area contributed by atoms with E-state index in [2.05, 4.69) is 15.9 Å². The number of carbonyl (C=O) groups excluding carboxylic acids is 1. The van der Waals surface area contributed by atoms with Gasteiger partial charge in [0.25, 0.3) is 0 Å². The van der Waals surface area contributed by atoms with Gasteiger partial charge in [0.05, 0.1) is 16.8 Å². The van der Waals surface area contributed by atoms with Crippen molar-refractivity contribution in [2.45, 2.75) is 25.5 Å². The highest BCUT2D eigenvalue weighted by molar-refractivity contribution is 9.10. The lowest BCUT2D eigenvalue weighted by atomic mass is 9.91. The minimum absolute atomic E-state index is 0.204. The monoisotopic (exact) mass is 489 g/mol. The van der Waals surface area contributed by atoms with Crippen LogP contribution in [0.15, 0.2) is 71.2 Å². The fourth-order valence-corrected chi connectivity index (χ4v) is 4.42. The molecule has 0 N–H and O–H groups in total. The predicted octanol–water partition coefficient (Wildman–Crippen LogP) is 7.59. The molecule has 4 rings (SSSR count). The zero-order chi connectivity index (χ0) is 20.4. The number of benzene rings is 3. The fourth-order valence-electron chi connectivity index (χ4n) is 3.65. The maximum absolute atomic E-state index is 13.2. The van der Waals surface area contributed by atoms with E-state index in [1.54, 1.807) is 4.90 Å². The Morgan fingerprint density at radius 2 is 1.76 bits per heavy atom. The van der Waals surface area contributed by atoms with Gasteiger partial charge in [0, 0.05) is 9.50 Å². The molecule has 29 heavy (non-hydrogen) atoms. The van der Waals surface area contributed by atoms with Crippen molar-refractivity contribution in [1.29, 1.82) is 0 Å². The van der Waals surface area contributed by atoms with E-state index in [0.29, 0.717) is 10.0 Å². The van der Waals surface area contributed by atoms with E-state index in [1.165, 1.54) is 0 Å². The number of fused-ring (bicyclic) bond motifs is 1. The van der Waals surface area contributed by atoms with Crippen molar-refractivity contribution < 1.29 is 9.53 Å². The highest BCUT2D eigenvalue weighted by Gasteiger charge is 2.34. The number of anilines is 1. The van der Waals surface area contributed by atoms with Gasteiger partial charge in [-0.3, -0.25) is 4.90 Å². The van der Waals surface area contributed by atoms with Crippen LogP contribution in [0.5, 0.6) is 0 Å². The van der Waals surface area contributed by atoms with E-state index in [1.807, 2.05) is 66.7 Å². The number of carbonyl (C=O) groups is 1. The molecule has 148 valence electrons. The van der Waals surface area contributed by atoms with Crippen LogP contribution in [0.1, 0.15) is 29.2 Å². The molecule has 3 aromatic rings. The van der Waals surface area contributed by atoms with Crippen LogP contribution >= 0.6 is 39.1 Å². The third-order valence-corrected chi connectivity index (χ3v) is 6.59. The van der Waals surface area contributed by atoms with Gasteiger partial charge in [-0.2, -0.15) is 0 Å². The van der Waals surface area contributed by atoms with E-state index in [4.69, 9.17) is 27.9 Å². The number of nitrogens with zero attached hydrogens (tertiary/aromatic N) is 1. The quantitative estimate of drug-likeness (QED) is 0.378. The first kappa shape index (κ1) is 20.3. The van der Waals surface area contributed by atoms with Crippen LogP contribution in [0.3, 0.4) is 0 Å². The second-order valence-electron chi connectivity index (χ2n) is 6.88. The molecule has 1 aliphatic heterocycles. The van der Waals surface area contributed by atoms with Gasteiger partial charge < -0.3 is 4.74 Å². The predicted molar refractivity (Wildman–Crippen MR) is 121 cm³/mol. The fraction of sp³-hybridized carbons (Fsp3) is 0.174. The largest absolute Gasteiger partial charge is 0.444 e. The summed E-state index contributed by atoms with van der Waals surface area (Å²) in [5, 5.41) is 1.26. The lowest BCUT2D eigenvalue weighted by molar-refractivity contribution is 0.143. The van der Waals surface area contributed by atoms with Crippen LogP contribution < -0.4 is 4.90 Å². The minimum atomic E-state index is -0.408. The Labute approximate surface area is 188 Å². The van der Waals surface area contributed by atoms with Gasteiger partial charge in [0.1, 0.15) is 6.61 Å². The summed E-state index contributed by atoms with van der Waals surface area (Å²) in [5.41, 5.74) is 3.64. The van der Waals surface area contributed by atoms with E-state index in [0.717, 1.165) is 39.7 Å². The molecule has 0 saturated heterocycles. The van der Waals surface area contributed by atoms with E-state index in [9.17, 15) is 4.79 Å². The molecule has 3 nitrogen and oxygen atoms in total. The van der Waals surface area contributed by atoms with Crippen LogP contribution in [0.2, 0.25) is 10.0 Å². The maximum Gasteiger partial charge on any atom is 0.415 e. The van der Waals surface area contributed by atoms with Crippen molar-refractivity contribution in [2.24, 2.45) is 0 Å². The molecule has 1 aliphatic rings. The molecule has 0 radical (unpaired) electrons. The summed E-state index contributed by atoms with van der Waals surface area (Å²) in [6, 6.07) is 20.8. The van der Waals surface area contributed by atoms with Gasteiger partial charge in [-0.15, -0.1) is 0 Å². The van der Waals surface area contributed by atoms with Gasteiger partial charge in [0.15, 0.2) is 0 Å². The average molecular weight is 491 g/mol.